The lowest BCUT2D eigenvalue weighted by Crippen LogP contribution is -2.30. The molecule has 4 rings (SSSR count). The van der Waals surface area contributed by atoms with Gasteiger partial charge in [-0.25, -0.2) is 4.79 Å². The number of nitrogens with two attached hydrogens (primary N) is 1. The number of carbonyl (C=O) groups is 1. The number of rotatable bonds is 7. The molecule has 0 saturated carbocycles. The number of nitrogen functional groups attached to an aromatic ring is 1. The number of aryl methyl sites for hydroxylation is 1. The van der Waals surface area contributed by atoms with Crippen LogP contribution in [0.5, 0.6) is 5.75 Å². The first-order valence-electron chi connectivity index (χ1n) is 10.8. The molecule has 6 heteroatoms. The van der Waals surface area contributed by atoms with E-state index in [1.807, 2.05) is 60.7 Å². The normalized spacial score (nSPS) is 10.8. The number of anilines is 2. The van der Waals surface area contributed by atoms with Crippen LogP contribution >= 0.6 is 0 Å². The first kappa shape index (κ1) is 21.3. The molecule has 0 fully saturated rings. The van der Waals surface area contributed by atoms with Gasteiger partial charge in [0, 0.05) is 35.8 Å². The Morgan fingerprint density at radius 1 is 1.03 bits per heavy atom. The van der Waals surface area contributed by atoms with Crippen molar-refractivity contribution in [2.45, 2.75) is 19.9 Å². The highest BCUT2D eigenvalue weighted by Crippen LogP contribution is 2.37. The van der Waals surface area contributed by atoms with E-state index in [0.29, 0.717) is 6.54 Å². The fourth-order valence-electron chi connectivity index (χ4n) is 3.97. The number of hydrogen-bond acceptors (Lipinski definition) is 3. The second kappa shape index (κ2) is 9.47. The Labute approximate surface area is 188 Å². The molecule has 0 saturated heterocycles. The number of nitrogens with zero attached hydrogens (tertiary/aromatic N) is 1. The van der Waals surface area contributed by atoms with Crippen LogP contribution in [0.3, 0.4) is 0 Å². The summed E-state index contributed by atoms with van der Waals surface area (Å²) in [5, 5.41) is 6.79. The second-order valence-corrected chi connectivity index (χ2v) is 7.58. The summed E-state index contributed by atoms with van der Waals surface area (Å²) in [4.78, 5) is 12.2. The Bertz CT molecular complexity index is 1210. The van der Waals surface area contributed by atoms with Crippen LogP contribution in [0.2, 0.25) is 0 Å². The van der Waals surface area contributed by atoms with E-state index in [4.69, 9.17) is 10.5 Å². The van der Waals surface area contributed by atoms with Crippen LogP contribution in [0.4, 0.5) is 16.2 Å². The number of benzene rings is 3. The number of methoxy groups -OCH3 is 1. The summed E-state index contributed by atoms with van der Waals surface area (Å²) >= 11 is 0. The zero-order chi connectivity index (χ0) is 22.5. The highest BCUT2D eigenvalue weighted by atomic mass is 16.5. The Morgan fingerprint density at radius 2 is 1.78 bits per heavy atom. The van der Waals surface area contributed by atoms with Crippen molar-refractivity contribution in [1.29, 1.82) is 0 Å². The predicted molar refractivity (Wildman–Crippen MR) is 131 cm³/mol. The van der Waals surface area contributed by atoms with Crippen molar-refractivity contribution in [3.63, 3.8) is 0 Å². The molecule has 3 aromatic carbocycles. The van der Waals surface area contributed by atoms with Crippen LogP contribution in [-0.2, 0) is 13.0 Å². The van der Waals surface area contributed by atoms with Crippen LogP contribution in [0, 0.1) is 0 Å². The lowest BCUT2D eigenvalue weighted by molar-refractivity contribution is 0.252. The number of fused-ring (bicyclic) bond motifs is 1. The molecule has 2 amide bonds. The first-order valence-corrected chi connectivity index (χ1v) is 10.8. The van der Waals surface area contributed by atoms with Crippen molar-refractivity contribution in [2.24, 2.45) is 0 Å². The fraction of sp³-hybridized carbons (Fsp3) is 0.192. The van der Waals surface area contributed by atoms with Crippen molar-refractivity contribution < 1.29 is 9.53 Å². The number of urea groups is 1. The number of carbonyl (C=O) groups excluding carboxylic acids is 1. The van der Waals surface area contributed by atoms with Gasteiger partial charge in [0.1, 0.15) is 5.75 Å². The summed E-state index contributed by atoms with van der Waals surface area (Å²) < 4.78 is 7.57. The van der Waals surface area contributed by atoms with Crippen LogP contribution in [0.1, 0.15) is 12.5 Å². The molecule has 0 aliphatic heterocycles. The molecule has 0 spiro atoms. The molecule has 0 aliphatic carbocycles. The standard InChI is InChI=1S/C26H28N4O2/c1-3-30-23-17-21(32-2)13-14-22(23)24(27)25(30)19-9-11-20(12-10-19)29-26(31)28-16-15-18-7-5-4-6-8-18/h4-14,17H,3,15-16,27H2,1-2H3,(H2,28,29,31). The average molecular weight is 429 g/mol. The fourth-order valence-corrected chi connectivity index (χ4v) is 3.97. The largest absolute Gasteiger partial charge is 0.497 e. The molecule has 0 bridgehead atoms. The van der Waals surface area contributed by atoms with Gasteiger partial charge in [0.05, 0.1) is 24.0 Å². The van der Waals surface area contributed by atoms with Crippen LogP contribution in [0.15, 0.2) is 72.8 Å². The molecule has 1 aromatic heterocycles. The molecule has 6 nitrogen and oxygen atoms in total. The smallest absolute Gasteiger partial charge is 0.319 e. The van der Waals surface area contributed by atoms with Crippen molar-refractivity contribution in [3.05, 3.63) is 78.4 Å². The van der Waals surface area contributed by atoms with Gasteiger partial charge in [-0.15, -0.1) is 0 Å². The second-order valence-electron chi connectivity index (χ2n) is 7.58. The highest BCUT2D eigenvalue weighted by molar-refractivity contribution is 6.01. The molecule has 0 aliphatic rings. The number of nitrogens with one attached hydrogen (secondary N) is 2. The molecule has 0 atom stereocenters. The van der Waals surface area contributed by atoms with Crippen molar-refractivity contribution >= 4 is 28.3 Å². The van der Waals surface area contributed by atoms with E-state index < -0.39 is 0 Å². The van der Waals surface area contributed by atoms with Crippen molar-refractivity contribution in [2.75, 3.05) is 24.7 Å². The average Bonchev–Trinajstić information content (AvgIpc) is 3.11. The zero-order valence-corrected chi connectivity index (χ0v) is 18.4. The molecular formula is C26H28N4O2. The van der Waals surface area contributed by atoms with E-state index in [1.165, 1.54) is 5.56 Å². The van der Waals surface area contributed by atoms with Gasteiger partial charge < -0.3 is 25.7 Å². The highest BCUT2D eigenvalue weighted by Gasteiger charge is 2.16. The van der Waals surface area contributed by atoms with E-state index in [0.717, 1.165) is 52.3 Å². The Balaban J connectivity index is 1.47. The third-order valence-corrected chi connectivity index (χ3v) is 5.59. The van der Waals surface area contributed by atoms with Crippen molar-refractivity contribution in [1.82, 2.24) is 9.88 Å². The lowest BCUT2D eigenvalue weighted by atomic mass is 10.1. The molecule has 0 radical (unpaired) electrons. The quantitative estimate of drug-likeness (QED) is 0.374. The maximum atomic E-state index is 12.2. The van der Waals surface area contributed by atoms with Crippen molar-refractivity contribution in [3.8, 4) is 17.0 Å². The van der Waals surface area contributed by atoms with Gasteiger partial charge in [-0.3, -0.25) is 0 Å². The van der Waals surface area contributed by atoms with Gasteiger partial charge in [0.15, 0.2) is 0 Å². The Kier molecular flexibility index (Phi) is 6.31. The SMILES string of the molecule is CCn1c(-c2ccc(NC(=O)NCCc3ccccc3)cc2)c(N)c2ccc(OC)cc21. The van der Waals surface area contributed by atoms with E-state index in [1.54, 1.807) is 7.11 Å². The minimum Gasteiger partial charge on any atom is -0.497 e. The van der Waals surface area contributed by atoms with E-state index in [-0.39, 0.29) is 6.03 Å². The maximum Gasteiger partial charge on any atom is 0.319 e. The van der Waals surface area contributed by atoms with Gasteiger partial charge in [-0.2, -0.15) is 0 Å². The monoisotopic (exact) mass is 428 g/mol. The minimum absolute atomic E-state index is 0.219. The number of ether oxygens (including phenoxy) is 1. The van der Waals surface area contributed by atoms with Crippen LogP contribution < -0.4 is 21.1 Å². The maximum absolute atomic E-state index is 12.2. The molecule has 4 N–H and O–H groups in total. The first-order chi connectivity index (χ1) is 15.6. The van der Waals surface area contributed by atoms with Crippen LogP contribution in [0.25, 0.3) is 22.2 Å². The summed E-state index contributed by atoms with van der Waals surface area (Å²) in [6.07, 6.45) is 0.791. The van der Waals surface area contributed by atoms with E-state index in [9.17, 15) is 4.79 Å². The zero-order valence-electron chi connectivity index (χ0n) is 18.4. The van der Waals surface area contributed by atoms with Gasteiger partial charge in [-0.05, 0) is 43.2 Å². The Hall–Kier alpha value is -3.93. The third kappa shape index (κ3) is 4.39. The molecular weight excluding hydrogens is 400 g/mol. The third-order valence-electron chi connectivity index (χ3n) is 5.59. The summed E-state index contributed by atoms with van der Waals surface area (Å²) in [6, 6.07) is 23.5. The van der Waals surface area contributed by atoms with Crippen LogP contribution in [-0.4, -0.2) is 24.3 Å². The molecule has 4 aromatic rings. The molecule has 1 heterocycles. The van der Waals surface area contributed by atoms with Gasteiger partial charge in [0.2, 0.25) is 0 Å². The van der Waals surface area contributed by atoms with Gasteiger partial charge >= 0.3 is 6.03 Å². The number of amides is 2. The summed E-state index contributed by atoms with van der Waals surface area (Å²) in [6.45, 7) is 3.45. The van der Waals surface area contributed by atoms with Gasteiger partial charge in [0.25, 0.3) is 0 Å². The topological polar surface area (TPSA) is 81.3 Å². The predicted octanol–water partition coefficient (Wildman–Crippen LogP) is 5.28. The Morgan fingerprint density at radius 3 is 2.47 bits per heavy atom. The molecule has 0 unspecified atom stereocenters. The van der Waals surface area contributed by atoms with Gasteiger partial charge in [-0.1, -0.05) is 42.5 Å². The minimum atomic E-state index is -0.219. The molecule has 32 heavy (non-hydrogen) atoms. The lowest BCUT2D eigenvalue weighted by Gasteiger charge is -2.11. The summed E-state index contributed by atoms with van der Waals surface area (Å²) in [5.74, 6) is 0.800. The molecule has 164 valence electrons. The number of hydrogen-bond donors (Lipinski definition) is 3. The number of aromatic nitrogens is 1. The summed E-state index contributed by atoms with van der Waals surface area (Å²) in [7, 11) is 1.66. The summed E-state index contributed by atoms with van der Waals surface area (Å²) in [5.41, 5.74) is 12.2. The van der Waals surface area contributed by atoms with E-state index in [2.05, 4.69) is 34.3 Å². The van der Waals surface area contributed by atoms with E-state index >= 15 is 0 Å².